The second kappa shape index (κ2) is 1.27. The van der Waals surface area contributed by atoms with Crippen molar-refractivity contribution >= 4 is 15.9 Å². The molecule has 0 aromatic rings. The van der Waals surface area contributed by atoms with Crippen molar-refractivity contribution in [2.24, 2.45) is 0 Å². The molecule has 0 aromatic heterocycles. The van der Waals surface area contributed by atoms with Crippen LogP contribution in [0.15, 0.2) is 0 Å². The van der Waals surface area contributed by atoms with E-state index in [0.717, 1.165) is 0 Å². The van der Waals surface area contributed by atoms with Crippen molar-refractivity contribution in [2.75, 3.05) is 6.54 Å². The monoisotopic (exact) mass is 135 g/mol. The van der Waals surface area contributed by atoms with E-state index in [2.05, 4.69) is 21.2 Å². The van der Waals surface area contributed by atoms with E-state index in [4.69, 9.17) is 0 Å². The highest BCUT2D eigenvalue weighted by Crippen LogP contribution is 2.06. The van der Waals surface area contributed by atoms with E-state index in [9.17, 15) is 0 Å². The Morgan fingerprint density at radius 1 is 1.80 bits per heavy atom. The summed E-state index contributed by atoms with van der Waals surface area (Å²) in [6, 6.07) is 0. The predicted molar refractivity (Wildman–Crippen MR) is 25.3 cm³/mol. The molecule has 2 heteroatoms. The van der Waals surface area contributed by atoms with Crippen LogP contribution in [0, 0.1) is 0 Å². The fourth-order valence-corrected chi connectivity index (χ4v) is 0.711. The summed E-state index contributed by atoms with van der Waals surface area (Å²) >= 11 is 3.35. The quantitative estimate of drug-likeness (QED) is 0.381. The Balaban J connectivity index is 2.08. The molecule has 0 bridgehead atoms. The van der Waals surface area contributed by atoms with E-state index in [1.54, 1.807) is 0 Å². The van der Waals surface area contributed by atoms with Crippen molar-refractivity contribution in [3.05, 3.63) is 0 Å². The smallest absolute Gasteiger partial charge is 0.0642 e. The zero-order valence-electron chi connectivity index (χ0n) is 2.87. The summed E-state index contributed by atoms with van der Waals surface area (Å²) in [7, 11) is 0. The number of hydrogen-bond donors (Lipinski definition) is 1. The van der Waals surface area contributed by atoms with Gasteiger partial charge in [0.1, 0.15) is 0 Å². The maximum Gasteiger partial charge on any atom is 0.0642 e. The second-order valence-electron chi connectivity index (χ2n) is 1.21. The molecule has 1 fully saturated rings. The minimum atomic E-state index is 0.627. The van der Waals surface area contributed by atoms with Gasteiger partial charge in [0.05, 0.1) is 4.95 Å². The molecular weight excluding hydrogens is 130 g/mol. The maximum atomic E-state index is 3.35. The first kappa shape index (κ1) is 3.62. The molecule has 1 rings (SSSR count). The van der Waals surface area contributed by atoms with Gasteiger partial charge in [0.2, 0.25) is 0 Å². The number of hydrogen-bond acceptors (Lipinski definition) is 1. The van der Waals surface area contributed by atoms with Crippen LogP contribution in [0.1, 0.15) is 6.42 Å². The van der Waals surface area contributed by atoms with Crippen LogP contribution < -0.4 is 5.32 Å². The van der Waals surface area contributed by atoms with Crippen LogP contribution in [0.25, 0.3) is 0 Å². The van der Waals surface area contributed by atoms with Gasteiger partial charge in [0.25, 0.3) is 0 Å². The van der Waals surface area contributed by atoms with E-state index >= 15 is 0 Å². The van der Waals surface area contributed by atoms with Gasteiger partial charge in [-0.1, -0.05) is 15.9 Å². The highest BCUT2D eigenvalue weighted by Gasteiger charge is 2.09. The summed E-state index contributed by atoms with van der Waals surface area (Å²) in [5.41, 5.74) is 0. The summed E-state index contributed by atoms with van der Waals surface area (Å²) < 4.78 is 0. The molecule has 0 spiro atoms. The third-order valence-electron chi connectivity index (χ3n) is 0.764. The molecule has 0 saturated carbocycles. The van der Waals surface area contributed by atoms with E-state index in [-0.39, 0.29) is 0 Å². The molecule has 1 saturated heterocycles. The van der Waals surface area contributed by atoms with E-state index < -0.39 is 0 Å². The van der Waals surface area contributed by atoms with Gasteiger partial charge in [-0.25, -0.2) is 0 Å². The standard InChI is InChI=1S/C3H6BrN/c4-3-1-2-5-3/h3,5H,1-2H2/t3-/m1/s1. The molecule has 0 amide bonds. The maximum absolute atomic E-state index is 3.35. The van der Waals surface area contributed by atoms with Crippen LogP contribution in [0.2, 0.25) is 0 Å². The molecule has 1 atom stereocenters. The van der Waals surface area contributed by atoms with Crippen molar-refractivity contribution in [1.82, 2.24) is 5.32 Å². The van der Waals surface area contributed by atoms with Crippen molar-refractivity contribution in [3.63, 3.8) is 0 Å². The SMILES string of the molecule is Br[C@H]1CCN1. The highest BCUT2D eigenvalue weighted by atomic mass is 79.9. The fraction of sp³-hybridized carbons (Fsp3) is 1.00. The molecule has 0 aromatic carbocycles. The lowest BCUT2D eigenvalue weighted by Crippen LogP contribution is -2.37. The minimum Gasteiger partial charge on any atom is -0.305 e. The largest absolute Gasteiger partial charge is 0.305 e. The van der Waals surface area contributed by atoms with E-state index in [1.165, 1.54) is 13.0 Å². The molecule has 1 N–H and O–H groups in total. The van der Waals surface area contributed by atoms with Gasteiger partial charge < -0.3 is 5.32 Å². The summed E-state index contributed by atoms with van der Waals surface area (Å²) in [5, 5.41) is 3.12. The molecule has 1 aliphatic rings. The number of halogens is 1. The Morgan fingerprint density at radius 3 is 2.20 bits per heavy atom. The number of nitrogens with one attached hydrogen (secondary N) is 1. The van der Waals surface area contributed by atoms with Crippen molar-refractivity contribution < 1.29 is 0 Å². The third-order valence-corrected chi connectivity index (χ3v) is 1.55. The Hall–Kier alpha value is 0.440. The normalized spacial score (nSPS) is 36.6. The van der Waals surface area contributed by atoms with E-state index in [0.29, 0.717) is 4.95 Å². The van der Waals surface area contributed by atoms with Gasteiger partial charge in [-0.05, 0) is 13.0 Å². The first-order chi connectivity index (χ1) is 2.39. The first-order valence-corrected chi connectivity index (χ1v) is 2.68. The summed E-state index contributed by atoms with van der Waals surface area (Å²) in [5.74, 6) is 0. The zero-order valence-corrected chi connectivity index (χ0v) is 4.46. The van der Waals surface area contributed by atoms with Gasteiger partial charge in [0.15, 0.2) is 0 Å². The van der Waals surface area contributed by atoms with Crippen LogP contribution >= 0.6 is 15.9 Å². The van der Waals surface area contributed by atoms with Gasteiger partial charge in [-0.3, -0.25) is 0 Å². The first-order valence-electron chi connectivity index (χ1n) is 1.77. The summed E-state index contributed by atoms with van der Waals surface area (Å²) in [6.45, 7) is 1.19. The van der Waals surface area contributed by atoms with Gasteiger partial charge in [-0.2, -0.15) is 0 Å². The molecule has 5 heavy (non-hydrogen) atoms. The Labute approximate surface area is 39.9 Å². The van der Waals surface area contributed by atoms with Gasteiger partial charge in [0, 0.05) is 0 Å². The minimum absolute atomic E-state index is 0.627. The van der Waals surface area contributed by atoms with Crippen LogP contribution in [0.5, 0.6) is 0 Å². The molecule has 30 valence electrons. The average Bonchev–Trinajstić information content (AvgIpc) is 1.30. The lowest BCUT2D eigenvalue weighted by atomic mass is 10.3. The zero-order chi connectivity index (χ0) is 3.70. The van der Waals surface area contributed by atoms with Crippen LogP contribution in [0.4, 0.5) is 0 Å². The Bertz CT molecular complexity index is 33.9. The topological polar surface area (TPSA) is 12.0 Å². The molecule has 0 unspecified atom stereocenters. The summed E-state index contributed by atoms with van der Waals surface area (Å²) in [4.78, 5) is 0.627. The molecule has 1 aliphatic heterocycles. The molecule has 0 aliphatic carbocycles. The van der Waals surface area contributed by atoms with Crippen LogP contribution in [0.3, 0.4) is 0 Å². The fourth-order valence-electron chi connectivity index (χ4n) is 0.253. The average molecular weight is 136 g/mol. The molecular formula is C3H6BrN. The van der Waals surface area contributed by atoms with Crippen molar-refractivity contribution in [2.45, 2.75) is 11.4 Å². The number of rotatable bonds is 0. The third kappa shape index (κ3) is 0.637. The van der Waals surface area contributed by atoms with Gasteiger partial charge >= 0.3 is 0 Å². The van der Waals surface area contributed by atoms with E-state index in [1.807, 2.05) is 0 Å². The van der Waals surface area contributed by atoms with Crippen LogP contribution in [-0.2, 0) is 0 Å². The molecule has 1 heterocycles. The highest BCUT2D eigenvalue weighted by molar-refractivity contribution is 9.09. The van der Waals surface area contributed by atoms with Gasteiger partial charge in [-0.15, -0.1) is 0 Å². The number of alkyl halides is 1. The van der Waals surface area contributed by atoms with Crippen molar-refractivity contribution in [1.29, 1.82) is 0 Å². The lowest BCUT2D eigenvalue weighted by Gasteiger charge is -2.20. The summed E-state index contributed by atoms with van der Waals surface area (Å²) in [6.07, 6.45) is 1.29. The molecule has 0 radical (unpaired) electrons. The van der Waals surface area contributed by atoms with Crippen LogP contribution in [-0.4, -0.2) is 11.5 Å². The molecule has 1 nitrogen and oxygen atoms in total. The lowest BCUT2D eigenvalue weighted by molar-refractivity contribution is 0.495. The van der Waals surface area contributed by atoms with Crippen molar-refractivity contribution in [3.8, 4) is 0 Å². The Morgan fingerprint density at radius 2 is 2.20 bits per heavy atom. The Kier molecular flexibility index (Phi) is 0.918. The predicted octanol–water partition coefficient (Wildman–Crippen LogP) is 0.701. The second-order valence-corrected chi connectivity index (χ2v) is 2.32.